The zero-order chi connectivity index (χ0) is 19.6. The van der Waals surface area contributed by atoms with Crippen molar-refractivity contribution in [3.8, 4) is 5.88 Å². The molecule has 1 N–H and O–H groups in total. The second-order valence-corrected chi connectivity index (χ2v) is 7.56. The number of rotatable bonds is 10. The molecule has 1 aromatic heterocycles. The van der Waals surface area contributed by atoms with Crippen molar-refractivity contribution in [2.24, 2.45) is 10.9 Å². The van der Waals surface area contributed by atoms with Crippen LogP contribution in [0.2, 0.25) is 0 Å². The van der Waals surface area contributed by atoms with E-state index in [1.54, 1.807) is 7.11 Å². The molecule has 7 heteroatoms. The van der Waals surface area contributed by atoms with Gasteiger partial charge in [-0.25, -0.2) is 4.98 Å². The number of piperidine rings is 1. The van der Waals surface area contributed by atoms with Gasteiger partial charge in [-0.3, -0.25) is 4.99 Å². The molecule has 0 aromatic carbocycles. The SMILES string of the molecule is CN=C(NCc1ccnc(OCC2CC2)c1)N1CCC(OCCCOC)CC1. The average molecular weight is 391 g/mol. The van der Waals surface area contributed by atoms with Crippen molar-refractivity contribution in [3.63, 3.8) is 0 Å². The van der Waals surface area contributed by atoms with Crippen LogP contribution < -0.4 is 10.1 Å². The van der Waals surface area contributed by atoms with Crippen LogP contribution >= 0.6 is 0 Å². The molecule has 1 saturated heterocycles. The quantitative estimate of drug-likeness (QED) is 0.376. The molecule has 1 saturated carbocycles. The normalized spacial score (nSPS) is 18.4. The maximum atomic E-state index is 5.95. The van der Waals surface area contributed by atoms with E-state index < -0.39 is 0 Å². The van der Waals surface area contributed by atoms with Crippen LogP contribution in [-0.2, 0) is 16.0 Å². The number of nitrogens with one attached hydrogen (secondary N) is 1. The van der Waals surface area contributed by atoms with Crippen molar-refractivity contribution in [3.05, 3.63) is 23.9 Å². The van der Waals surface area contributed by atoms with Gasteiger partial charge in [0.25, 0.3) is 0 Å². The smallest absolute Gasteiger partial charge is 0.213 e. The summed E-state index contributed by atoms with van der Waals surface area (Å²) in [4.78, 5) is 11.1. The molecule has 7 nitrogen and oxygen atoms in total. The lowest BCUT2D eigenvalue weighted by Gasteiger charge is -2.34. The number of hydrogen-bond donors (Lipinski definition) is 1. The van der Waals surface area contributed by atoms with Crippen LogP contribution in [0.25, 0.3) is 0 Å². The van der Waals surface area contributed by atoms with E-state index in [1.807, 2.05) is 25.4 Å². The van der Waals surface area contributed by atoms with Gasteiger partial charge < -0.3 is 24.4 Å². The highest BCUT2D eigenvalue weighted by Crippen LogP contribution is 2.29. The fourth-order valence-corrected chi connectivity index (χ4v) is 3.33. The molecule has 0 unspecified atom stereocenters. The van der Waals surface area contributed by atoms with Gasteiger partial charge in [0.15, 0.2) is 5.96 Å². The fraction of sp³-hybridized carbons (Fsp3) is 0.714. The van der Waals surface area contributed by atoms with E-state index in [0.29, 0.717) is 18.5 Å². The van der Waals surface area contributed by atoms with Crippen molar-refractivity contribution in [2.45, 2.75) is 44.8 Å². The molecule has 1 aliphatic carbocycles. The van der Waals surface area contributed by atoms with Gasteiger partial charge in [-0.1, -0.05) is 0 Å². The first-order valence-electron chi connectivity index (χ1n) is 10.4. The van der Waals surface area contributed by atoms with Crippen LogP contribution in [0.4, 0.5) is 0 Å². The molecular weight excluding hydrogens is 356 g/mol. The largest absolute Gasteiger partial charge is 0.477 e. The van der Waals surface area contributed by atoms with Gasteiger partial charge in [0.1, 0.15) is 0 Å². The molecule has 0 radical (unpaired) electrons. The monoisotopic (exact) mass is 390 g/mol. The van der Waals surface area contributed by atoms with Crippen LogP contribution in [-0.4, -0.2) is 69.0 Å². The molecule has 1 aliphatic heterocycles. The van der Waals surface area contributed by atoms with Crippen molar-refractivity contribution in [1.82, 2.24) is 15.2 Å². The summed E-state index contributed by atoms with van der Waals surface area (Å²) in [7, 11) is 3.57. The highest BCUT2D eigenvalue weighted by Gasteiger charge is 2.23. The van der Waals surface area contributed by atoms with E-state index in [-0.39, 0.29) is 0 Å². The molecule has 2 aliphatic rings. The molecule has 2 heterocycles. The lowest BCUT2D eigenvalue weighted by molar-refractivity contribution is 0.00989. The summed E-state index contributed by atoms with van der Waals surface area (Å²) < 4.78 is 16.8. The Bertz CT molecular complexity index is 613. The van der Waals surface area contributed by atoms with Gasteiger partial charge in [0, 0.05) is 59.3 Å². The van der Waals surface area contributed by atoms with Gasteiger partial charge in [0.2, 0.25) is 5.88 Å². The molecule has 0 atom stereocenters. The van der Waals surface area contributed by atoms with Gasteiger partial charge in [-0.2, -0.15) is 0 Å². The van der Waals surface area contributed by atoms with Crippen molar-refractivity contribution < 1.29 is 14.2 Å². The highest BCUT2D eigenvalue weighted by atomic mass is 16.5. The van der Waals surface area contributed by atoms with Gasteiger partial charge in [-0.15, -0.1) is 0 Å². The Morgan fingerprint density at radius 3 is 2.79 bits per heavy atom. The van der Waals surface area contributed by atoms with Crippen molar-refractivity contribution in [2.75, 3.05) is 47.1 Å². The number of guanidine groups is 1. The maximum absolute atomic E-state index is 5.95. The number of methoxy groups -OCH3 is 1. The molecule has 0 bridgehead atoms. The maximum Gasteiger partial charge on any atom is 0.213 e. The number of hydrogen-bond acceptors (Lipinski definition) is 5. The Morgan fingerprint density at radius 1 is 1.25 bits per heavy atom. The lowest BCUT2D eigenvalue weighted by atomic mass is 10.1. The van der Waals surface area contributed by atoms with Gasteiger partial charge >= 0.3 is 0 Å². The van der Waals surface area contributed by atoms with E-state index in [4.69, 9.17) is 14.2 Å². The van der Waals surface area contributed by atoms with Gasteiger partial charge in [-0.05, 0) is 49.7 Å². The summed E-state index contributed by atoms with van der Waals surface area (Å²) in [5.41, 5.74) is 1.15. The van der Waals surface area contributed by atoms with E-state index in [1.165, 1.54) is 12.8 Å². The molecule has 0 amide bonds. The number of nitrogens with zero attached hydrogens (tertiary/aromatic N) is 3. The minimum atomic E-state index is 0.345. The third kappa shape index (κ3) is 6.95. The Kier molecular flexibility index (Phi) is 8.36. The zero-order valence-electron chi connectivity index (χ0n) is 17.2. The predicted octanol–water partition coefficient (Wildman–Crippen LogP) is 2.46. The topological polar surface area (TPSA) is 68.2 Å². The van der Waals surface area contributed by atoms with Crippen LogP contribution in [0.1, 0.15) is 37.7 Å². The Labute approximate surface area is 168 Å². The van der Waals surface area contributed by atoms with E-state index in [2.05, 4.69) is 20.2 Å². The summed E-state index contributed by atoms with van der Waals surface area (Å²) in [5.74, 6) is 2.39. The Balaban J connectivity index is 1.39. The van der Waals surface area contributed by atoms with Crippen LogP contribution in [0.3, 0.4) is 0 Å². The van der Waals surface area contributed by atoms with Crippen molar-refractivity contribution in [1.29, 1.82) is 0 Å². The lowest BCUT2D eigenvalue weighted by Crippen LogP contribution is -2.46. The number of ether oxygens (including phenoxy) is 3. The minimum absolute atomic E-state index is 0.345. The Morgan fingerprint density at radius 2 is 2.07 bits per heavy atom. The summed E-state index contributed by atoms with van der Waals surface area (Å²) >= 11 is 0. The molecular formula is C21H34N4O3. The number of likely N-dealkylation sites (tertiary alicyclic amines) is 1. The predicted molar refractivity (Wildman–Crippen MR) is 110 cm³/mol. The summed E-state index contributed by atoms with van der Waals surface area (Å²) in [5, 5.41) is 3.47. The van der Waals surface area contributed by atoms with E-state index in [9.17, 15) is 0 Å². The molecule has 1 aromatic rings. The van der Waals surface area contributed by atoms with Crippen LogP contribution in [0.5, 0.6) is 5.88 Å². The van der Waals surface area contributed by atoms with E-state index >= 15 is 0 Å². The zero-order valence-corrected chi connectivity index (χ0v) is 17.2. The highest BCUT2D eigenvalue weighted by molar-refractivity contribution is 5.79. The molecule has 0 spiro atoms. The number of aromatic nitrogens is 1. The second-order valence-electron chi connectivity index (χ2n) is 7.56. The van der Waals surface area contributed by atoms with Gasteiger partial charge in [0.05, 0.1) is 12.7 Å². The molecule has 28 heavy (non-hydrogen) atoms. The van der Waals surface area contributed by atoms with Crippen LogP contribution in [0, 0.1) is 5.92 Å². The third-order valence-electron chi connectivity index (χ3n) is 5.21. The van der Waals surface area contributed by atoms with E-state index in [0.717, 1.165) is 69.6 Å². The fourth-order valence-electron chi connectivity index (χ4n) is 3.33. The first-order chi connectivity index (χ1) is 13.8. The standard InChI is InChI=1S/C21H34N4O3/c1-22-21(25-10-7-19(8-11-25)27-13-3-12-26-2)24-15-18-6-9-23-20(14-18)28-16-17-4-5-17/h6,9,14,17,19H,3-5,7-8,10-13,15-16H2,1-2H3,(H,22,24). The number of pyridine rings is 1. The summed E-state index contributed by atoms with van der Waals surface area (Å²) in [6.45, 7) is 4.95. The number of aliphatic imine (C=N–C) groups is 1. The first-order valence-corrected chi connectivity index (χ1v) is 10.4. The molecule has 2 fully saturated rings. The first kappa shape index (κ1) is 20.9. The van der Waals surface area contributed by atoms with Crippen molar-refractivity contribution >= 4 is 5.96 Å². The Hall–Kier alpha value is -1.86. The third-order valence-corrected chi connectivity index (χ3v) is 5.21. The molecule has 3 rings (SSSR count). The summed E-state index contributed by atoms with van der Waals surface area (Å²) in [6.07, 6.45) is 7.74. The minimum Gasteiger partial charge on any atom is -0.477 e. The molecule has 156 valence electrons. The summed E-state index contributed by atoms with van der Waals surface area (Å²) in [6, 6.07) is 4.03. The van der Waals surface area contributed by atoms with Crippen LogP contribution in [0.15, 0.2) is 23.3 Å². The average Bonchev–Trinajstić information content (AvgIpc) is 3.56. The second kappa shape index (κ2) is 11.2.